The standard InChI is InChI=1S/C18H20ClN3O2/c1-12-3-2-4-15(19)17(12)22-18(23)21-16-11-24-10-14(16)9-13-5-7-20-8-6-13/h2-8,14,16H,9-11H2,1H3,(H2,21,22,23)/t14-,16-/m1/s1. The van der Waals surface area contributed by atoms with Gasteiger partial charge in [-0.1, -0.05) is 23.7 Å². The summed E-state index contributed by atoms with van der Waals surface area (Å²) >= 11 is 6.15. The SMILES string of the molecule is Cc1cccc(Cl)c1NC(=O)N[C@@H]1COC[C@H]1Cc1ccncc1. The summed E-state index contributed by atoms with van der Waals surface area (Å²) in [5, 5.41) is 6.37. The maximum atomic E-state index is 12.3. The van der Waals surface area contributed by atoms with Crippen LogP contribution < -0.4 is 10.6 Å². The number of aryl methyl sites for hydroxylation is 1. The minimum Gasteiger partial charge on any atom is -0.379 e. The van der Waals surface area contributed by atoms with Crippen molar-refractivity contribution in [2.45, 2.75) is 19.4 Å². The molecule has 2 N–H and O–H groups in total. The molecule has 1 fully saturated rings. The van der Waals surface area contributed by atoms with Gasteiger partial charge in [0.1, 0.15) is 0 Å². The highest BCUT2D eigenvalue weighted by molar-refractivity contribution is 6.33. The van der Waals surface area contributed by atoms with E-state index in [9.17, 15) is 4.79 Å². The first-order chi connectivity index (χ1) is 11.6. The molecule has 1 aromatic heterocycles. The van der Waals surface area contributed by atoms with Gasteiger partial charge in [0.2, 0.25) is 0 Å². The van der Waals surface area contributed by atoms with Crippen LogP contribution >= 0.6 is 11.6 Å². The number of aromatic nitrogens is 1. The summed E-state index contributed by atoms with van der Waals surface area (Å²) in [6, 6.07) is 9.21. The second-order valence-electron chi connectivity index (χ2n) is 5.99. The van der Waals surface area contributed by atoms with Gasteiger partial charge in [-0.3, -0.25) is 4.98 Å². The van der Waals surface area contributed by atoms with E-state index < -0.39 is 0 Å². The van der Waals surface area contributed by atoms with Crippen LogP contribution in [-0.2, 0) is 11.2 Å². The summed E-state index contributed by atoms with van der Waals surface area (Å²) in [6.07, 6.45) is 4.40. The van der Waals surface area contributed by atoms with Crippen molar-refractivity contribution in [3.8, 4) is 0 Å². The topological polar surface area (TPSA) is 63.2 Å². The Morgan fingerprint density at radius 3 is 2.83 bits per heavy atom. The minimum atomic E-state index is -0.263. The number of nitrogens with zero attached hydrogens (tertiary/aromatic N) is 1. The summed E-state index contributed by atoms with van der Waals surface area (Å²) < 4.78 is 5.56. The average molecular weight is 346 g/mol. The zero-order valence-corrected chi connectivity index (χ0v) is 14.2. The fourth-order valence-corrected chi connectivity index (χ4v) is 3.16. The average Bonchev–Trinajstić information content (AvgIpc) is 2.99. The van der Waals surface area contributed by atoms with E-state index in [0.29, 0.717) is 23.9 Å². The third-order valence-electron chi connectivity index (χ3n) is 4.22. The number of nitrogens with one attached hydrogen (secondary N) is 2. The zero-order valence-electron chi connectivity index (χ0n) is 13.5. The Hall–Kier alpha value is -2.11. The molecule has 3 rings (SSSR count). The van der Waals surface area contributed by atoms with Crippen LogP contribution in [0.2, 0.25) is 5.02 Å². The van der Waals surface area contributed by atoms with Crippen molar-refractivity contribution >= 4 is 23.3 Å². The number of amides is 2. The maximum Gasteiger partial charge on any atom is 0.319 e. The number of benzene rings is 1. The summed E-state index contributed by atoms with van der Waals surface area (Å²) in [6.45, 7) is 3.06. The first kappa shape index (κ1) is 16.7. The lowest BCUT2D eigenvalue weighted by Gasteiger charge is -2.20. The number of rotatable bonds is 4. The van der Waals surface area contributed by atoms with Crippen molar-refractivity contribution in [1.82, 2.24) is 10.3 Å². The summed E-state index contributed by atoms with van der Waals surface area (Å²) in [5.41, 5.74) is 2.75. The Morgan fingerprint density at radius 2 is 2.08 bits per heavy atom. The molecule has 0 aliphatic carbocycles. The monoisotopic (exact) mass is 345 g/mol. The predicted molar refractivity (Wildman–Crippen MR) is 94.4 cm³/mol. The highest BCUT2D eigenvalue weighted by Crippen LogP contribution is 2.25. The molecule has 0 radical (unpaired) electrons. The molecule has 5 nitrogen and oxygen atoms in total. The molecular formula is C18H20ClN3O2. The Kier molecular flexibility index (Phi) is 5.33. The van der Waals surface area contributed by atoms with E-state index in [2.05, 4.69) is 15.6 Å². The molecular weight excluding hydrogens is 326 g/mol. The second-order valence-corrected chi connectivity index (χ2v) is 6.40. The number of carbonyl (C=O) groups is 1. The number of pyridine rings is 1. The Morgan fingerprint density at radius 1 is 1.29 bits per heavy atom. The van der Waals surface area contributed by atoms with Gasteiger partial charge in [-0.15, -0.1) is 0 Å². The molecule has 0 spiro atoms. The Bertz CT molecular complexity index is 688. The third kappa shape index (κ3) is 4.04. The molecule has 2 atom stereocenters. The van der Waals surface area contributed by atoms with Gasteiger partial charge in [0.25, 0.3) is 0 Å². The molecule has 24 heavy (non-hydrogen) atoms. The highest BCUT2D eigenvalue weighted by atomic mass is 35.5. The van der Waals surface area contributed by atoms with E-state index in [1.54, 1.807) is 18.5 Å². The van der Waals surface area contributed by atoms with Crippen LogP contribution in [-0.4, -0.2) is 30.3 Å². The van der Waals surface area contributed by atoms with Gasteiger partial charge in [0.15, 0.2) is 0 Å². The van der Waals surface area contributed by atoms with Crippen molar-refractivity contribution in [3.05, 3.63) is 58.9 Å². The van der Waals surface area contributed by atoms with Crippen LogP contribution in [0, 0.1) is 12.8 Å². The number of hydrogen-bond acceptors (Lipinski definition) is 3. The molecule has 1 saturated heterocycles. The van der Waals surface area contributed by atoms with E-state index in [1.165, 1.54) is 5.56 Å². The smallest absolute Gasteiger partial charge is 0.319 e. The zero-order chi connectivity index (χ0) is 16.9. The van der Waals surface area contributed by atoms with Crippen molar-refractivity contribution < 1.29 is 9.53 Å². The molecule has 1 aromatic carbocycles. The van der Waals surface area contributed by atoms with Gasteiger partial charge in [-0.2, -0.15) is 0 Å². The number of urea groups is 1. The fourth-order valence-electron chi connectivity index (χ4n) is 2.89. The summed E-state index contributed by atoms with van der Waals surface area (Å²) in [5.74, 6) is 0.241. The predicted octanol–water partition coefficient (Wildman–Crippen LogP) is 3.42. The van der Waals surface area contributed by atoms with Gasteiger partial charge < -0.3 is 15.4 Å². The molecule has 2 amide bonds. The van der Waals surface area contributed by atoms with Crippen LogP contribution in [0.25, 0.3) is 0 Å². The van der Waals surface area contributed by atoms with E-state index in [0.717, 1.165) is 12.0 Å². The van der Waals surface area contributed by atoms with Crippen molar-refractivity contribution in [1.29, 1.82) is 0 Å². The number of ether oxygens (including phenoxy) is 1. The maximum absolute atomic E-state index is 12.3. The van der Waals surface area contributed by atoms with E-state index in [4.69, 9.17) is 16.3 Å². The summed E-state index contributed by atoms with van der Waals surface area (Å²) in [4.78, 5) is 16.4. The molecule has 2 aromatic rings. The molecule has 1 aliphatic rings. The van der Waals surface area contributed by atoms with Crippen LogP contribution in [0.15, 0.2) is 42.7 Å². The van der Waals surface area contributed by atoms with Crippen molar-refractivity contribution in [2.75, 3.05) is 18.5 Å². The second kappa shape index (κ2) is 7.64. The first-order valence-electron chi connectivity index (χ1n) is 7.93. The lowest BCUT2D eigenvalue weighted by Crippen LogP contribution is -2.43. The van der Waals surface area contributed by atoms with E-state index >= 15 is 0 Å². The van der Waals surface area contributed by atoms with E-state index in [-0.39, 0.29) is 18.0 Å². The third-order valence-corrected chi connectivity index (χ3v) is 4.54. The normalized spacial score (nSPS) is 19.9. The van der Waals surface area contributed by atoms with Gasteiger partial charge >= 0.3 is 6.03 Å². The van der Waals surface area contributed by atoms with Crippen LogP contribution in [0.3, 0.4) is 0 Å². The molecule has 0 saturated carbocycles. The largest absolute Gasteiger partial charge is 0.379 e. The molecule has 6 heteroatoms. The van der Waals surface area contributed by atoms with Crippen LogP contribution in [0.1, 0.15) is 11.1 Å². The molecule has 0 bridgehead atoms. The Balaban J connectivity index is 1.61. The molecule has 126 valence electrons. The number of carbonyl (C=O) groups excluding carboxylic acids is 1. The van der Waals surface area contributed by atoms with Crippen LogP contribution in [0.5, 0.6) is 0 Å². The number of anilines is 1. The number of hydrogen-bond donors (Lipinski definition) is 2. The first-order valence-corrected chi connectivity index (χ1v) is 8.30. The van der Waals surface area contributed by atoms with Crippen molar-refractivity contribution in [3.63, 3.8) is 0 Å². The lowest BCUT2D eigenvalue weighted by molar-refractivity contribution is 0.182. The number of para-hydroxylation sites is 1. The highest BCUT2D eigenvalue weighted by Gasteiger charge is 2.29. The summed E-state index contributed by atoms with van der Waals surface area (Å²) in [7, 11) is 0. The molecule has 0 unspecified atom stereocenters. The van der Waals surface area contributed by atoms with E-state index in [1.807, 2.05) is 31.2 Å². The van der Waals surface area contributed by atoms with Gasteiger partial charge in [-0.25, -0.2) is 4.79 Å². The van der Waals surface area contributed by atoms with Crippen LogP contribution in [0.4, 0.5) is 10.5 Å². The van der Waals surface area contributed by atoms with Crippen molar-refractivity contribution in [2.24, 2.45) is 5.92 Å². The minimum absolute atomic E-state index is 0.0269. The molecule has 2 heterocycles. The quantitative estimate of drug-likeness (QED) is 0.892. The Labute approximate surface area is 146 Å². The van der Waals surface area contributed by atoms with Gasteiger partial charge in [0.05, 0.1) is 30.0 Å². The number of halogens is 1. The molecule has 1 aliphatic heterocycles. The fraction of sp³-hybridized carbons (Fsp3) is 0.333. The lowest BCUT2D eigenvalue weighted by atomic mass is 9.95. The van der Waals surface area contributed by atoms with Gasteiger partial charge in [0, 0.05) is 18.3 Å². The van der Waals surface area contributed by atoms with Gasteiger partial charge in [-0.05, 0) is 42.7 Å².